The Labute approximate surface area is 160 Å². The predicted octanol–water partition coefficient (Wildman–Crippen LogP) is 3.50. The van der Waals surface area contributed by atoms with Crippen molar-refractivity contribution in [3.8, 4) is 22.1 Å². The van der Waals surface area contributed by atoms with Gasteiger partial charge in [-0.2, -0.15) is 0 Å². The van der Waals surface area contributed by atoms with Crippen LogP contribution in [0.15, 0.2) is 72.5 Å². The molecule has 1 N–H and O–H groups in total. The van der Waals surface area contributed by atoms with Gasteiger partial charge in [0.15, 0.2) is 5.82 Å². The Bertz CT molecular complexity index is 1030. The van der Waals surface area contributed by atoms with E-state index in [1.165, 1.54) is 11.3 Å². The number of amides is 1. The lowest BCUT2D eigenvalue weighted by molar-refractivity contribution is 0.0948. The van der Waals surface area contributed by atoms with Gasteiger partial charge in [-0.1, -0.05) is 36.4 Å². The third kappa shape index (κ3) is 3.93. The number of nitrogens with one attached hydrogen (secondary N) is 1. The third-order valence-corrected chi connectivity index (χ3v) is 4.90. The van der Waals surface area contributed by atoms with Crippen molar-refractivity contribution in [1.82, 2.24) is 24.8 Å². The molecule has 0 aliphatic carbocycles. The quantitative estimate of drug-likeness (QED) is 0.560. The lowest BCUT2D eigenvalue weighted by atomic mass is 10.2. The zero-order chi connectivity index (χ0) is 18.5. The van der Waals surface area contributed by atoms with E-state index in [0.29, 0.717) is 18.8 Å². The van der Waals surface area contributed by atoms with E-state index in [1.807, 2.05) is 59.3 Å². The smallest absolute Gasteiger partial charge is 0.270 e. The highest BCUT2D eigenvalue weighted by Gasteiger charge is 2.12. The van der Waals surface area contributed by atoms with E-state index in [1.54, 1.807) is 17.8 Å². The first-order chi connectivity index (χ1) is 13.3. The molecule has 0 saturated carbocycles. The van der Waals surface area contributed by atoms with Crippen molar-refractivity contribution in [2.75, 3.05) is 6.54 Å². The van der Waals surface area contributed by atoms with Crippen LogP contribution in [0.25, 0.3) is 22.1 Å². The second-order valence-corrected chi connectivity index (χ2v) is 6.68. The van der Waals surface area contributed by atoms with E-state index < -0.39 is 0 Å². The van der Waals surface area contributed by atoms with E-state index >= 15 is 0 Å². The SMILES string of the molecule is O=C(NCCn1ccnc1-c1ccccn1)c1csc(-c2ccccc2)n1. The van der Waals surface area contributed by atoms with E-state index in [-0.39, 0.29) is 5.91 Å². The number of imidazole rings is 1. The van der Waals surface area contributed by atoms with Gasteiger partial charge in [0.25, 0.3) is 5.91 Å². The zero-order valence-corrected chi connectivity index (χ0v) is 15.3. The highest BCUT2D eigenvalue weighted by Crippen LogP contribution is 2.23. The van der Waals surface area contributed by atoms with Crippen LogP contribution in [0.1, 0.15) is 10.5 Å². The summed E-state index contributed by atoms with van der Waals surface area (Å²) in [5.74, 6) is 0.609. The van der Waals surface area contributed by atoms with Gasteiger partial charge < -0.3 is 9.88 Å². The normalized spacial score (nSPS) is 10.7. The Morgan fingerprint density at radius 1 is 1.04 bits per heavy atom. The van der Waals surface area contributed by atoms with Crippen LogP contribution < -0.4 is 5.32 Å². The van der Waals surface area contributed by atoms with Crippen LogP contribution in [0, 0.1) is 0 Å². The topological polar surface area (TPSA) is 72.7 Å². The Morgan fingerprint density at radius 3 is 2.70 bits per heavy atom. The van der Waals surface area contributed by atoms with Crippen molar-refractivity contribution in [2.45, 2.75) is 6.54 Å². The molecule has 0 saturated heterocycles. The first kappa shape index (κ1) is 17.1. The van der Waals surface area contributed by atoms with Gasteiger partial charge >= 0.3 is 0 Å². The molecular formula is C20H17N5OS. The standard InChI is InChI=1S/C20H17N5OS/c26-19(17-14-27-20(24-17)15-6-2-1-3-7-15)23-11-13-25-12-10-22-18(25)16-8-4-5-9-21-16/h1-10,12,14H,11,13H2,(H,23,26). The molecule has 0 unspecified atom stereocenters. The predicted molar refractivity (Wildman–Crippen MR) is 105 cm³/mol. The monoisotopic (exact) mass is 375 g/mol. The number of carbonyl (C=O) groups is 1. The van der Waals surface area contributed by atoms with Gasteiger partial charge in [-0.25, -0.2) is 9.97 Å². The number of thiazole rings is 1. The highest BCUT2D eigenvalue weighted by molar-refractivity contribution is 7.13. The number of rotatable bonds is 6. The van der Waals surface area contributed by atoms with Crippen molar-refractivity contribution < 1.29 is 4.79 Å². The summed E-state index contributed by atoms with van der Waals surface area (Å²) in [6, 6.07) is 15.6. The molecule has 4 rings (SSSR count). The molecule has 4 aromatic rings. The first-order valence-electron chi connectivity index (χ1n) is 8.53. The fourth-order valence-corrected chi connectivity index (χ4v) is 3.50. The fraction of sp³-hybridized carbons (Fsp3) is 0.100. The lowest BCUT2D eigenvalue weighted by Gasteiger charge is -2.08. The Balaban J connectivity index is 1.37. The van der Waals surface area contributed by atoms with Gasteiger partial charge in [0.2, 0.25) is 0 Å². The molecule has 1 amide bonds. The minimum absolute atomic E-state index is 0.173. The van der Waals surface area contributed by atoms with Crippen LogP contribution >= 0.6 is 11.3 Å². The van der Waals surface area contributed by atoms with Crippen molar-refractivity contribution in [2.24, 2.45) is 0 Å². The van der Waals surface area contributed by atoms with E-state index in [4.69, 9.17) is 0 Å². The van der Waals surface area contributed by atoms with Crippen molar-refractivity contribution in [1.29, 1.82) is 0 Å². The molecule has 7 heteroatoms. The van der Waals surface area contributed by atoms with Gasteiger partial charge in [0, 0.05) is 42.6 Å². The van der Waals surface area contributed by atoms with Crippen LogP contribution in [-0.2, 0) is 6.54 Å². The van der Waals surface area contributed by atoms with Crippen LogP contribution in [0.2, 0.25) is 0 Å². The molecule has 0 spiro atoms. The molecule has 0 aliphatic heterocycles. The number of carbonyl (C=O) groups excluding carboxylic acids is 1. The Morgan fingerprint density at radius 2 is 1.89 bits per heavy atom. The highest BCUT2D eigenvalue weighted by atomic mass is 32.1. The molecule has 134 valence electrons. The Hall–Kier alpha value is -3.32. The number of nitrogens with zero attached hydrogens (tertiary/aromatic N) is 4. The average molecular weight is 375 g/mol. The molecule has 3 heterocycles. The molecule has 27 heavy (non-hydrogen) atoms. The number of benzene rings is 1. The van der Waals surface area contributed by atoms with E-state index in [9.17, 15) is 4.79 Å². The minimum Gasteiger partial charge on any atom is -0.349 e. The molecule has 0 atom stereocenters. The number of hydrogen-bond acceptors (Lipinski definition) is 5. The molecule has 0 bridgehead atoms. The van der Waals surface area contributed by atoms with E-state index in [0.717, 1.165) is 22.1 Å². The van der Waals surface area contributed by atoms with Crippen molar-refractivity contribution in [3.63, 3.8) is 0 Å². The molecule has 1 aromatic carbocycles. The summed E-state index contributed by atoms with van der Waals surface area (Å²) in [4.78, 5) is 25.5. The second-order valence-electron chi connectivity index (χ2n) is 5.82. The van der Waals surface area contributed by atoms with Crippen LogP contribution in [-0.4, -0.2) is 32.0 Å². The number of hydrogen-bond donors (Lipinski definition) is 1. The summed E-state index contributed by atoms with van der Waals surface area (Å²) >= 11 is 1.47. The maximum absolute atomic E-state index is 12.4. The van der Waals surface area contributed by atoms with Gasteiger partial charge in [-0.05, 0) is 12.1 Å². The van der Waals surface area contributed by atoms with Crippen LogP contribution in [0.3, 0.4) is 0 Å². The third-order valence-electron chi connectivity index (χ3n) is 4.01. The second kappa shape index (κ2) is 7.92. The maximum Gasteiger partial charge on any atom is 0.270 e. The summed E-state index contributed by atoms with van der Waals surface area (Å²) in [5.41, 5.74) is 2.26. The summed E-state index contributed by atoms with van der Waals surface area (Å²) < 4.78 is 1.97. The number of pyridine rings is 1. The van der Waals surface area contributed by atoms with Gasteiger partial charge in [0.05, 0.1) is 0 Å². The molecule has 3 aromatic heterocycles. The minimum atomic E-state index is -0.173. The summed E-state index contributed by atoms with van der Waals surface area (Å²) in [6.07, 6.45) is 5.35. The summed E-state index contributed by atoms with van der Waals surface area (Å²) in [5, 5.41) is 5.54. The zero-order valence-electron chi connectivity index (χ0n) is 14.4. The fourth-order valence-electron chi connectivity index (χ4n) is 2.69. The largest absolute Gasteiger partial charge is 0.349 e. The molecular weight excluding hydrogens is 358 g/mol. The van der Waals surface area contributed by atoms with Crippen molar-refractivity contribution in [3.05, 3.63) is 78.2 Å². The lowest BCUT2D eigenvalue weighted by Crippen LogP contribution is -2.27. The van der Waals surface area contributed by atoms with Gasteiger partial charge in [-0.3, -0.25) is 9.78 Å². The molecule has 0 aliphatic rings. The maximum atomic E-state index is 12.4. The molecule has 6 nitrogen and oxygen atoms in total. The average Bonchev–Trinajstić information content (AvgIpc) is 3.39. The van der Waals surface area contributed by atoms with E-state index in [2.05, 4.69) is 20.3 Å². The van der Waals surface area contributed by atoms with Gasteiger partial charge in [-0.15, -0.1) is 11.3 Å². The first-order valence-corrected chi connectivity index (χ1v) is 9.41. The molecule has 0 fully saturated rings. The Kier molecular flexibility index (Phi) is 5.02. The summed E-state index contributed by atoms with van der Waals surface area (Å²) in [6.45, 7) is 1.08. The molecule has 0 radical (unpaired) electrons. The summed E-state index contributed by atoms with van der Waals surface area (Å²) in [7, 11) is 0. The van der Waals surface area contributed by atoms with Crippen molar-refractivity contribution >= 4 is 17.2 Å². The van der Waals surface area contributed by atoms with Crippen LogP contribution in [0.4, 0.5) is 0 Å². The number of aromatic nitrogens is 4. The van der Waals surface area contributed by atoms with Crippen LogP contribution in [0.5, 0.6) is 0 Å². The van der Waals surface area contributed by atoms with Gasteiger partial charge in [0.1, 0.15) is 16.4 Å².